The molecule has 2 aromatic carbocycles. The Morgan fingerprint density at radius 2 is 2.00 bits per heavy atom. The number of hydrogen-bond acceptors (Lipinski definition) is 6. The van der Waals surface area contributed by atoms with Crippen LogP contribution in [0.5, 0.6) is 11.5 Å². The van der Waals surface area contributed by atoms with Crippen LogP contribution in [0.1, 0.15) is 0 Å². The van der Waals surface area contributed by atoms with E-state index >= 15 is 0 Å². The van der Waals surface area contributed by atoms with Crippen molar-refractivity contribution in [3.05, 3.63) is 51.8 Å². The molecule has 9 heteroatoms. The molecule has 1 amide bonds. The van der Waals surface area contributed by atoms with Crippen LogP contribution in [0.15, 0.2) is 41.2 Å². The number of aromatic nitrogens is 3. The van der Waals surface area contributed by atoms with Gasteiger partial charge in [-0.25, -0.2) is 4.68 Å². The summed E-state index contributed by atoms with van der Waals surface area (Å²) in [4.78, 5) is 24.6. The summed E-state index contributed by atoms with van der Waals surface area (Å²) in [6.45, 7) is -0.188. The minimum absolute atomic E-state index is 0.102. The van der Waals surface area contributed by atoms with Gasteiger partial charge in [-0.1, -0.05) is 28.9 Å². The maximum Gasteiger partial charge on any atom is 0.278 e. The van der Waals surface area contributed by atoms with E-state index in [1.165, 1.54) is 0 Å². The molecule has 0 spiro atoms. The molecule has 3 aromatic rings. The zero-order chi connectivity index (χ0) is 17.4. The fourth-order valence-electron chi connectivity index (χ4n) is 2.47. The maximum atomic E-state index is 12.4. The standard InChI is InChI=1S/C16H11ClN4O4/c17-10-5-13-14(25-8-24-13)6-12(10)18-15(22)7-21-16(23)9-3-1-2-4-11(9)19-20-21/h1-6H,7-8H2,(H,18,22). The lowest BCUT2D eigenvalue weighted by Gasteiger charge is -2.09. The smallest absolute Gasteiger partial charge is 0.278 e. The summed E-state index contributed by atoms with van der Waals surface area (Å²) in [6, 6.07) is 9.92. The fourth-order valence-corrected chi connectivity index (χ4v) is 2.67. The average Bonchev–Trinajstić information content (AvgIpc) is 3.05. The predicted molar refractivity (Wildman–Crippen MR) is 90.0 cm³/mol. The van der Waals surface area contributed by atoms with Gasteiger partial charge in [-0.3, -0.25) is 9.59 Å². The Balaban J connectivity index is 1.57. The molecule has 0 aliphatic carbocycles. The summed E-state index contributed by atoms with van der Waals surface area (Å²) in [5.41, 5.74) is 0.443. The lowest BCUT2D eigenvalue weighted by molar-refractivity contribution is -0.117. The molecule has 2 heterocycles. The van der Waals surface area contributed by atoms with Gasteiger partial charge in [-0.15, -0.1) is 5.10 Å². The molecular weight excluding hydrogens is 348 g/mol. The van der Waals surface area contributed by atoms with Crippen molar-refractivity contribution in [3.63, 3.8) is 0 Å². The molecule has 1 aromatic heterocycles. The number of carbonyl (C=O) groups excluding carboxylic acids is 1. The molecule has 0 saturated carbocycles. The van der Waals surface area contributed by atoms with Crippen LogP contribution in [0.4, 0.5) is 5.69 Å². The Morgan fingerprint density at radius 1 is 1.24 bits per heavy atom. The first kappa shape index (κ1) is 15.4. The summed E-state index contributed by atoms with van der Waals surface area (Å²) >= 11 is 6.12. The van der Waals surface area contributed by atoms with E-state index in [4.69, 9.17) is 21.1 Å². The van der Waals surface area contributed by atoms with Gasteiger partial charge in [0, 0.05) is 12.1 Å². The summed E-state index contributed by atoms with van der Waals surface area (Å²) < 4.78 is 11.5. The molecule has 25 heavy (non-hydrogen) atoms. The Morgan fingerprint density at radius 3 is 2.84 bits per heavy atom. The van der Waals surface area contributed by atoms with Crippen molar-refractivity contribution in [2.24, 2.45) is 0 Å². The van der Waals surface area contributed by atoms with Gasteiger partial charge in [0.1, 0.15) is 12.1 Å². The van der Waals surface area contributed by atoms with Crippen molar-refractivity contribution >= 4 is 34.1 Å². The number of nitrogens with one attached hydrogen (secondary N) is 1. The van der Waals surface area contributed by atoms with E-state index < -0.39 is 11.5 Å². The van der Waals surface area contributed by atoms with Crippen LogP contribution in [0.2, 0.25) is 5.02 Å². The molecule has 4 rings (SSSR count). The Kier molecular flexibility index (Phi) is 3.73. The maximum absolute atomic E-state index is 12.4. The first-order valence-corrected chi connectivity index (χ1v) is 7.71. The van der Waals surface area contributed by atoms with Crippen molar-refractivity contribution in [1.29, 1.82) is 0 Å². The second-order valence-electron chi connectivity index (χ2n) is 5.30. The van der Waals surface area contributed by atoms with Gasteiger partial charge in [0.15, 0.2) is 11.5 Å². The number of fused-ring (bicyclic) bond motifs is 2. The lowest BCUT2D eigenvalue weighted by atomic mass is 10.2. The van der Waals surface area contributed by atoms with Gasteiger partial charge in [-0.05, 0) is 12.1 Å². The quantitative estimate of drug-likeness (QED) is 0.767. The Bertz CT molecular complexity index is 1050. The van der Waals surface area contributed by atoms with Gasteiger partial charge in [0.25, 0.3) is 5.56 Å². The van der Waals surface area contributed by atoms with E-state index in [1.54, 1.807) is 36.4 Å². The number of nitrogens with zero attached hydrogens (tertiary/aromatic N) is 3. The highest BCUT2D eigenvalue weighted by Gasteiger charge is 2.18. The third-order valence-corrected chi connectivity index (χ3v) is 3.97. The lowest BCUT2D eigenvalue weighted by Crippen LogP contribution is -2.30. The van der Waals surface area contributed by atoms with Crippen LogP contribution in [-0.2, 0) is 11.3 Å². The molecule has 8 nitrogen and oxygen atoms in total. The number of benzene rings is 2. The number of halogens is 1. The molecule has 0 saturated heterocycles. The van der Waals surface area contributed by atoms with Crippen molar-refractivity contribution in [1.82, 2.24) is 15.0 Å². The normalized spacial score (nSPS) is 12.4. The largest absolute Gasteiger partial charge is 0.454 e. The predicted octanol–water partition coefficient (Wildman–Crippen LogP) is 1.81. The summed E-state index contributed by atoms with van der Waals surface area (Å²) in [6.07, 6.45) is 0. The second kappa shape index (κ2) is 6.06. The minimum Gasteiger partial charge on any atom is -0.454 e. The second-order valence-corrected chi connectivity index (χ2v) is 5.71. The number of anilines is 1. The average molecular weight is 359 g/mol. The van der Waals surface area contributed by atoms with E-state index in [9.17, 15) is 9.59 Å². The van der Waals surface area contributed by atoms with Crippen molar-refractivity contribution in [2.75, 3.05) is 12.1 Å². The highest BCUT2D eigenvalue weighted by atomic mass is 35.5. The van der Waals surface area contributed by atoms with E-state index in [0.717, 1.165) is 4.68 Å². The summed E-state index contributed by atoms with van der Waals surface area (Å²) in [7, 11) is 0. The van der Waals surface area contributed by atoms with Crippen LogP contribution in [0.3, 0.4) is 0 Å². The van der Waals surface area contributed by atoms with Gasteiger partial charge in [0.05, 0.1) is 16.1 Å². The fraction of sp³-hybridized carbons (Fsp3) is 0.125. The van der Waals surface area contributed by atoms with Crippen molar-refractivity contribution in [3.8, 4) is 11.5 Å². The molecule has 1 aliphatic heterocycles. The van der Waals surface area contributed by atoms with Gasteiger partial charge in [-0.2, -0.15) is 0 Å². The highest BCUT2D eigenvalue weighted by molar-refractivity contribution is 6.34. The third kappa shape index (κ3) is 2.87. The SMILES string of the molecule is O=C(Cn1nnc2ccccc2c1=O)Nc1cc2c(cc1Cl)OCO2. The highest BCUT2D eigenvalue weighted by Crippen LogP contribution is 2.39. The van der Waals surface area contributed by atoms with E-state index in [0.29, 0.717) is 33.1 Å². The van der Waals surface area contributed by atoms with Gasteiger partial charge in [0.2, 0.25) is 12.7 Å². The molecule has 0 radical (unpaired) electrons. The number of rotatable bonds is 3. The molecule has 0 bridgehead atoms. The molecule has 1 N–H and O–H groups in total. The number of carbonyl (C=O) groups is 1. The summed E-state index contributed by atoms with van der Waals surface area (Å²) in [5, 5.41) is 11.0. The zero-order valence-corrected chi connectivity index (χ0v) is 13.5. The number of ether oxygens (including phenoxy) is 2. The molecule has 0 unspecified atom stereocenters. The zero-order valence-electron chi connectivity index (χ0n) is 12.7. The third-order valence-electron chi connectivity index (χ3n) is 3.66. The van der Waals surface area contributed by atoms with Crippen molar-refractivity contribution in [2.45, 2.75) is 6.54 Å². The van der Waals surface area contributed by atoms with Crippen LogP contribution in [0, 0.1) is 0 Å². The molecule has 0 fully saturated rings. The Labute approximate surface area is 145 Å². The summed E-state index contributed by atoms with van der Waals surface area (Å²) in [5.74, 6) is 0.537. The molecule has 0 atom stereocenters. The molecule has 126 valence electrons. The van der Waals surface area contributed by atoms with E-state index in [2.05, 4.69) is 15.6 Å². The van der Waals surface area contributed by atoms with Crippen LogP contribution < -0.4 is 20.3 Å². The van der Waals surface area contributed by atoms with E-state index in [1.807, 2.05) is 0 Å². The first-order chi connectivity index (χ1) is 12.1. The number of hydrogen-bond donors (Lipinski definition) is 1. The monoisotopic (exact) mass is 358 g/mol. The first-order valence-electron chi connectivity index (χ1n) is 7.33. The molecule has 1 aliphatic rings. The minimum atomic E-state index is -0.465. The Hall–Kier alpha value is -3.13. The van der Waals surface area contributed by atoms with Gasteiger partial charge >= 0.3 is 0 Å². The topological polar surface area (TPSA) is 95.3 Å². The number of amides is 1. The van der Waals surface area contributed by atoms with Crippen LogP contribution in [0.25, 0.3) is 10.9 Å². The van der Waals surface area contributed by atoms with Crippen LogP contribution in [-0.4, -0.2) is 27.7 Å². The van der Waals surface area contributed by atoms with Gasteiger partial charge < -0.3 is 14.8 Å². The van der Waals surface area contributed by atoms with E-state index in [-0.39, 0.29) is 13.3 Å². The van der Waals surface area contributed by atoms with Crippen molar-refractivity contribution < 1.29 is 14.3 Å². The van der Waals surface area contributed by atoms with Crippen LogP contribution >= 0.6 is 11.6 Å². The molecular formula is C16H11ClN4O4.